The van der Waals surface area contributed by atoms with E-state index < -0.39 is 0 Å². The van der Waals surface area contributed by atoms with Gasteiger partial charge in [-0.25, -0.2) is 0 Å². The largest absolute Gasteiger partial charge is 1.00 e. The number of rotatable bonds is 0. The van der Waals surface area contributed by atoms with Crippen LogP contribution in [-0.2, 0) is 0 Å². The fourth-order valence-corrected chi connectivity index (χ4v) is 0. The topological polar surface area (TPSA) is 0 Å². The summed E-state index contributed by atoms with van der Waals surface area (Å²) in [6.07, 6.45) is 0. The first-order valence-corrected chi connectivity index (χ1v) is 0. The number of hydrogen-bond acceptors (Lipinski definition) is 0. The molecular formula is H8Cl5NaSi. The van der Waals surface area contributed by atoms with Gasteiger partial charge in [-0.1, -0.05) is 0 Å². The molecule has 0 aromatic heterocycles. The first-order chi connectivity index (χ1) is 0. The Labute approximate surface area is 101 Å². The number of halogens is 5. The van der Waals surface area contributed by atoms with E-state index in [-0.39, 0.29) is 103 Å². The Morgan fingerprint density at radius 1 is 0.571 bits per heavy atom. The molecule has 0 spiro atoms. The van der Waals surface area contributed by atoms with Crippen molar-refractivity contribution in [2.24, 2.45) is 0 Å². The molecule has 7 heavy (non-hydrogen) atoms. The summed E-state index contributed by atoms with van der Waals surface area (Å²) in [5, 5.41) is 0. The third-order valence-electron chi connectivity index (χ3n) is 0. The molecule has 0 aromatic carbocycles. The second kappa shape index (κ2) is 71.6. The molecule has 0 aromatic rings. The van der Waals surface area contributed by atoms with Crippen molar-refractivity contribution in [3.63, 3.8) is 0 Å². The van der Waals surface area contributed by atoms with E-state index in [4.69, 9.17) is 0 Å². The summed E-state index contributed by atoms with van der Waals surface area (Å²) >= 11 is 0. The van der Waals surface area contributed by atoms with Crippen molar-refractivity contribution in [2.45, 2.75) is 0 Å². The molecule has 0 aliphatic rings. The van der Waals surface area contributed by atoms with Crippen molar-refractivity contribution in [2.75, 3.05) is 0 Å². The van der Waals surface area contributed by atoms with Gasteiger partial charge in [0.05, 0.1) is 0 Å². The summed E-state index contributed by atoms with van der Waals surface area (Å²) in [6.45, 7) is 0. The Hall–Kier alpha value is 2.67. The normalized spacial score (nSPS) is 0. The third kappa shape index (κ3) is 54.2. The molecule has 0 unspecified atom stereocenters. The molecule has 0 aliphatic heterocycles. The predicted octanol–water partition coefficient (Wildman–Crippen LogP) is -5.76. The minimum absolute atomic E-state index is 0. The van der Waals surface area contributed by atoms with Gasteiger partial charge in [-0.3, -0.25) is 0 Å². The van der Waals surface area contributed by atoms with Gasteiger partial charge >= 0.3 is 29.6 Å². The van der Waals surface area contributed by atoms with E-state index >= 15 is 0 Å². The molecule has 0 heterocycles. The molecule has 0 nitrogen and oxygen atoms in total. The molecule has 0 rings (SSSR count). The maximum Gasteiger partial charge on any atom is 1.00 e. The zero-order valence-electron chi connectivity index (χ0n) is 3.01. The minimum atomic E-state index is 0. The summed E-state index contributed by atoms with van der Waals surface area (Å²) in [4.78, 5) is 0. The fraction of sp³-hybridized carbons (Fsp3) is 0. The Balaban J connectivity index is 0. The van der Waals surface area contributed by atoms with E-state index in [1.165, 1.54) is 0 Å². The molecular weight excluding hydrogens is 228 g/mol. The molecule has 0 aliphatic carbocycles. The summed E-state index contributed by atoms with van der Waals surface area (Å²) in [7, 11) is 0. The van der Waals surface area contributed by atoms with Gasteiger partial charge in [0, 0.05) is 0 Å². The molecule has 48 valence electrons. The van der Waals surface area contributed by atoms with Crippen LogP contribution >= 0.6 is 49.6 Å². The molecule has 0 bridgehead atoms. The Kier molecular flexibility index (Phi) is 1040. The van der Waals surface area contributed by atoms with Crippen LogP contribution in [0.5, 0.6) is 0 Å². The molecule has 0 fully saturated rings. The molecule has 0 atom stereocenters. The Morgan fingerprint density at radius 2 is 0.571 bits per heavy atom. The smallest absolute Gasteiger partial charge is 1.00 e. The van der Waals surface area contributed by atoms with Crippen molar-refractivity contribution in [1.82, 2.24) is 0 Å². The predicted molar refractivity (Wildman–Crippen MR) is 40.3 cm³/mol. The average Bonchev–Trinajstić information content (AvgIpc) is 0. The second-order valence-corrected chi connectivity index (χ2v) is 0. The van der Waals surface area contributed by atoms with Crippen molar-refractivity contribution in [3.05, 3.63) is 0 Å². The number of hydrogen-bond donors (Lipinski definition) is 0. The van der Waals surface area contributed by atoms with E-state index in [1.54, 1.807) is 0 Å². The summed E-state index contributed by atoms with van der Waals surface area (Å²) in [5.74, 6) is 0. The van der Waals surface area contributed by atoms with Gasteiger partial charge < -0.3 is 12.4 Å². The summed E-state index contributed by atoms with van der Waals surface area (Å²) in [6, 6.07) is 0. The van der Waals surface area contributed by atoms with Crippen LogP contribution in [0.2, 0.25) is 0 Å². The van der Waals surface area contributed by atoms with Crippen molar-refractivity contribution in [3.8, 4) is 0 Å². The molecule has 0 saturated carbocycles. The van der Waals surface area contributed by atoms with Gasteiger partial charge in [0.1, 0.15) is 0 Å². The van der Waals surface area contributed by atoms with Crippen molar-refractivity contribution in [1.29, 1.82) is 0 Å². The van der Waals surface area contributed by atoms with Crippen LogP contribution in [0, 0.1) is 0 Å². The van der Waals surface area contributed by atoms with Crippen LogP contribution in [0.15, 0.2) is 0 Å². The van der Waals surface area contributed by atoms with Gasteiger partial charge in [-0.2, -0.15) is 0 Å². The van der Waals surface area contributed by atoms with Crippen LogP contribution in [0.25, 0.3) is 0 Å². The Bertz CT molecular complexity index is 8.04. The van der Waals surface area contributed by atoms with E-state index in [1.807, 2.05) is 0 Å². The standard InChI is InChI=1S/5ClH.Na.H4Si/h5*1H;;1H4/q;;;;;+1;/p-1. The van der Waals surface area contributed by atoms with Gasteiger partial charge in [-0.05, 0) is 11.0 Å². The monoisotopic (exact) mass is 234 g/mol. The third-order valence-corrected chi connectivity index (χ3v) is 0. The van der Waals surface area contributed by atoms with Crippen LogP contribution in [0.3, 0.4) is 0 Å². The molecule has 0 amide bonds. The minimum Gasteiger partial charge on any atom is -1.00 e. The summed E-state index contributed by atoms with van der Waals surface area (Å²) < 4.78 is 0. The second-order valence-electron chi connectivity index (χ2n) is 0. The first kappa shape index (κ1) is 102. The molecule has 0 N–H and O–H groups in total. The van der Waals surface area contributed by atoms with Crippen molar-refractivity contribution < 1.29 is 42.0 Å². The van der Waals surface area contributed by atoms with Crippen LogP contribution in [-0.4, -0.2) is 11.0 Å². The van der Waals surface area contributed by atoms with E-state index in [9.17, 15) is 0 Å². The SMILES string of the molecule is Cl.Cl.Cl.Cl.[Cl-].[Na+].[SiH4]. The van der Waals surface area contributed by atoms with Crippen LogP contribution < -0.4 is 42.0 Å². The van der Waals surface area contributed by atoms with Gasteiger partial charge in [-0.15, -0.1) is 49.6 Å². The zero-order chi connectivity index (χ0) is 0. The van der Waals surface area contributed by atoms with Gasteiger partial charge in [0.2, 0.25) is 0 Å². The van der Waals surface area contributed by atoms with Crippen LogP contribution in [0.4, 0.5) is 0 Å². The zero-order valence-corrected chi connectivity index (χ0v) is 9.03. The molecule has 0 saturated heterocycles. The quantitative estimate of drug-likeness (QED) is 0.368. The maximum atomic E-state index is 0. The average molecular weight is 236 g/mol. The fourth-order valence-electron chi connectivity index (χ4n) is 0. The Morgan fingerprint density at radius 3 is 0.571 bits per heavy atom. The summed E-state index contributed by atoms with van der Waals surface area (Å²) in [5.41, 5.74) is 0. The molecule has 0 radical (unpaired) electrons. The first-order valence-electron chi connectivity index (χ1n) is 0. The van der Waals surface area contributed by atoms with Crippen molar-refractivity contribution >= 4 is 60.6 Å². The van der Waals surface area contributed by atoms with Gasteiger partial charge in [0.25, 0.3) is 0 Å². The maximum absolute atomic E-state index is 0. The molecule has 7 heteroatoms. The van der Waals surface area contributed by atoms with E-state index in [0.29, 0.717) is 0 Å². The van der Waals surface area contributed by atoms with Crippen LogP contribution in [0.1, 0.15) is 0 Å². The van der Waals surface area contributed by atoms with E-state index in [0.717, 1.165) is 0 Å². The van der Waals surface area contributed by atoms with E-state index in [2.05, 4.69) is 0 Å². The van der Waals surface area contributed by atoms with Gasteiger partial charge in [0.15, 0.2) is 0 Å².